The van der Waals surface area contributed by atoms with Crippen molar-refractivity contribution >= 4 is 134 Å². The molecular weight excluding hydrogens is 925 g/mol. The number of thiophene rings is 1. The van der Waals surface area contributed by atoms with Gasteiger partial charge >= 0.3 is 0 Å². The highest BCUT2D eigenvalue weighted by Gasteiger charge is 2.33. The van der Waals surface area contributed by atoms with Gasteiger partial charge in [-0.15, -0.1) is 11.3 Å². The van der Waals surface area contributed by atoms with E-state index in [1.54, 1.807) is 78.9 Å². The van der Waals surface area contributed by atoms with Crippen LogP contribution in [0.3, 0.4) is 0 Å². The van der Waals surface area contributed by atoms with Gasteiger partial charge in [0.2, 0.25) is 0 Å². The zero-order chi connectivity index (χ0) is 44.1. The van der Waals surface area contributed by atoms with Gasteiger partial charge in [-0.25, -0.2) is 8.42 Å². The van der Waals surface area contributed by atoms with Gasteiger partial charge in [-0.3, -0.25) is 14.4 Å². The molecule has 7 aromatic rings. The van der Waals surface area contributed by atoms with Crippen molar-refractivity contribution in [2.24, 2.45) is 0 Å². The SMILES string of the molecule is Cc1ccc(NC(=O)C2=C(Cl)c3ccccc3S2=O)cc1C.O=C(Nc1cccc(Cl)c1)c1sc2ccccc2c1Cl.O=C(Nc1ccccc1)C1=C(Cl)c2ccccc2S1=O. The van der Waals surface area contributed by atoms with Crippen LogP contribution in [0.1, 0.15) is 31.9 Å². The number of anilines is 3. The summed E-state index contributed by atoms with van der Waals surface area (Å²) in [6.07, 6.45) is 0. The van der Waals surface area contributed by atoms with Gasteiger partial charge in [0.15, 0.2) is 0 Å². The molecule has 6 aromatic carbocycles. The fourth-order valence-electron chi connectivity index (χ4n) is 6.24. The molecule has 312 valence electrons. The van der Waals surface area contributed by atoms with Crippen molar-refractivity contribution < 1.29 is 22.8 Å². The maximum Gasteiger partial charge on any atom is 0.267 e. The molecule has 3 amide bonds. The Kier molecular flexibility index (Phi) is 14.2. The van der Waals surface area contributed by atoms with Crippen LogP contribution < -0.4 is 16.0 Å². The van der Waals surface area contributed by atoms with E-state index in [1.165, 1.54) is 11.3 Å². The van der Waals surface area contributed by atoms with Crippen LogP contribution in [0.15, 0.2) is 165 Å². The van der Waals surface area contributed by atoms with E-state index in [1.807, 2.05) is 80.6 Å². The number of carbonyl (C=O) groups excluding carboxylic acids is 3. The first-order valence-electron chi connectivity index (χ1n) is 18.6. The maximum atomic E-state index is 12.5. The van der Waals surface area contributed by atoms with Gasteiger partial charge in [0.1, 0.15) is 14.7 Å². The number of halogens is 4. The molecule has 62 heavy (non-hydrogen) atoms. The molecule has 2 aliphatic rings. The lowest BCUT2D eigenvalue weighted by molar-refractivity contribution is -0.113. The largest absolute Gasteiger partial charge is 0.321 e. The molecule has 2 unspecified atom stereocenters. The van der Waals surface area contributed by atoms with E-state index in [2.05, 4.69) is 16.0 Å². The van der Waals surface area contributed by atoms with E-state index in [0.29, 0.717) is 52.9 Å². The summed E-state index contributed by atoms with van der Waals surface area (Å²) in [5, 5.41) is 10.8. The monoisotopic (exact) mass is 955 g/mol. The Hall–Kier alpha value is -5.37. The fraction of sp³-hybridized carbons (Fsp3) is 0.0426. The number of para-hydroxylation sites is 1. The molecule has 1 aromatic heterocycles. The molecule has 3 N–H and O–H groups in total. The number of benzene rings is 6. The summed E-state index contributed by atoms with van der Waals surface area (Å²) in [4.78, 5) is 38.9. The summed E-state index contributed by atoms with van der Waals surface area (Å²) < 4.78 is 25.8. The van der Waals surface area contributed by atoms with Crippen LogP contribution in [-0.2, 0) is 31.2 Å². The van der Waals surface area contributed by atoms with Gasteiger partial charge in [0, 0.05) is 43.3 Å². The van der Waals surface area contributed by atoms with Gasteiger partial charge in [-0.05, 0) is 85.6 Å². The highest BCUT2D eigenvalue weighted by atomic mass is 35.5. The Bertz CT molecular complexity index is 3020. The van der Waals surface area contributed by atoms with Gasteiger partial charge in [-0.2, -0.15) is 0 Å². The summed E-state index contributed by atoms with van der Waals surface area (Å²) in [7, 11) is -3.08. The number of carbonyl (C=O) groups is 3. The van der Waals surface area contributed by atoms with E-state index in [9.17, 15) is 22.8 Å². The summed E-state index contributed by atoms with van der Waals surface area (Å²) in [5.41, 5.74) is 5.50. The highest BCUT2D eigenvalue weighted by Crippen LogP contribution is 2.41. The van der Waals surface area contributed by atoms with E-state index < -0.39 is 33.4 Å². The number of rotatable bonds is 6. The number of hydrogen-bond donors (Lipinski definition) is 3. The topological polar surface area (TPSA) is 121 Å². The molecule has 0 spiro atoms. The first kappa shape index (κ1) is 44.7. The highest BCUT2D eigenvalue weighted by molar-refractivity contribution is 7.91. The Morgan fingerprint density at radius 1 is 0.500 bits per heavy atom. The second kappa shape index (κ2) is 19.8. The molecule has 15 heteroatoms. The normalized spacial score (nSPS) is 14.8. The van der Waals surface area contributed by atoms with Crippen molar-refractivity contribution in [3.8, 4) is 0 Å². The maximum absolute atomic E-state index is 12.5. The van der Waals surface area contributed by atoms with E-state index in [0.717, 1.165) is 21.2 Å². The zero-order valence-electron chi connectivity index (χ0n) is 32.6. The van der Waals surface area contributed by atoms with E-state index >= 15 is 0 Å². The minimum Gasteiger partial charge on any atom is -0.321 e. The lowest BCUT2D eigenvalue weighted by atomic mass is 10.1. The first-order valence-corrected chi connectivity index (χ1v) is 23.3. The molecular formula is C47H33Cl4N3O5S3. The van der Waals surface area contributed by atoms with Crippen molar-refractivity contribution in [3.05, 3.63) is 193 Å². The molecule has 3 heterocycles. The number of fused-ring (bicyclic) bond motifs is 3. The van der Waals surface area contributed by atoms with Crippen LogP contribution >= 0.6 is 57.7 Å². The Balaban J connectivity index is 0.000000140. The van der Waals surface area contributed by atoms with Gasteiger partial charge in [-0.1, -0.05) is 131 Å². The molecule has 0 saturated carbocycles. The van der Waals surface area contributed by atoms with Crippen LogP contribution in [0.5, 0.6) is 0 Å². The lowest BCUT2D eigenvalue weighted by Gasteiger charge is -2.08. The van der Waals surface area contributed by atoms with Crippen LogP contribution in [-0.4, -0.2) is 26.1 Å². The average Bonchev–Trinajstić information content (AvgIpc) is 3.84. The summed E-state index contributed by atoms with van der Waals surface area (Å²) >= 11 is 26.0. The van der Waals surface area contributed by atoms with Crippen LogP contribution in [0.4, 0.5) is 17.1 Å². The summed E-state index contributed by atoms with van der Waals surface area (Å²) in [5.74, 6) is -1.09. The van der Waals surface area contributed by atoms with Crippen LogP contribution in [0.2, 0.25) is 10.0 Å². The standard InChI is InChI=1S/C17H14ClNO2S.C15H9Cl2NOS.C15H10ClNO2S/c1-10-7-8-12(9-11(10)2)19-17(20)16-15(18)13-5-3-4-6-14(13)22(16)21;16-9-4-3-5-10(8-9)18-15(19)14-13(17)11-6-1-2-7-12(11)20-14;16-13-11-8-4-5-9-12(11)20(19)14(13)15(18)17-10-6-2-1-3-7-10/h3-9H,1-2H3,(H,19,20);1-8H,(H,18,19);1-9H,(H,17,18). The number of hydrogen-bond acceptors (Lipinski definition) is 6. The number of aryl methyl sites for hydroxylation is 2. The second-order valence-electron chi connectivity index (χ2n) is 13.6. The average molecular weight is 958 g/mol. The number of amides is 3. The fourth-order valence-corrected chi connectivity index (χ4v) is 11.4. The van der Waals surface area contributed by atoms with Crippen LogP contribution in [0, 0.1) is 13.8 Å². The quantitative estimate of drug-likeness (QED) is 0.153. The molecule has 8 nitrogen and oxygen atoms in total. The zero-order valence-corrected chi connectivity index (χ0v) is 38.1. The molecule has 9 rings (SSSR count). The van der Waals surface area contributed by atoms with Crippen molar-refractivity contribution in [1.29, 1.82) is 0 Å². The molecule has 0 aliphatic carbocycles. The van der Waals surface area contributed by atoms with E-state index in [-0.39, 0.29) is 25.8 Å². The minimum absolute atomic E-state index is 0.108. The smallest absolute Gasteiger partial charge is 0.267 e. The van der Waals surface area contributed by atoms with Gasteiger partial charge in [0.25, 0.3) is 17.7 Å². The van der Waals surface area contributed by atoms with Crippen molar-refractivity contribution in [3.63, 3.8) is 0 Å². The molecule has 0 fully saturated rings. The Labute approximate surface area is 386 Å². The third-order valence-corrected chi connectivity index (χ3v) is 15.4. The van der Waals surface area contributed by atoms with Gasteiger partial charge in [0.05, 0.1) is 46.5 Å². The van der Waals surface area contributed by atoms with Crippen LogP contribution in [0.25, 0.3) is 20.2 Å². The molecule has 2 aliphatic heterocycles. The predicted octanol–water partition coefficient (Wildman–Crippen LogP) is 12.8. The predicted molar refractivity (Wildman–Crippen MR) is 257 cm³/mol. The molecule has 0 bridgehead atoms. The van der Waals surface area contributed by atoms with E-state index in [4.69, 9.17) is 46.4 Å². The molecule has 0 saturated heterocycles. The second-order valence-corrected chi connectivity index (χ2v) is 19.0. The lowest BCUT2D eigenvalue weighted by Crippen LogP contribution is -2.16. The van der Waals surface area contributed by atoms with Crippen molar-refractivity contribution in [2.75, 3.05) is 16.0 Å². The minimum atomic E-state index is -1.54. The summed E-state index contributed by atoms with van der Waals surface area (Å²) in [6, 6.07) is 43.5. The Morgan fingerprint density at radius 2 is 1.00 bits per heavy atom. The Morgan fingerprint density at radius 3 is 1.56 bits per heavy atom. The third-order valence-electron chi connectivity index (χ3n) is 9.45. The molecule has 0 radical (unpaired) electrons. The number of nitrogens with one attached hydrogen (secondary N) is 3. The van der Waals surface area contributed by atoms with Crippen molar-refractivity contribution in [2.45, 2.75) is 23.6 Å². The third kappa shape index (κ3) is 9.80. The summed E-state index contributed by atoms with van der Waals surface area (Å²) in [6.45, 7) is 3.98. The van der Waals surface area contributed by atoms with Crippen molar-refractivity contribution in [1.82, 2.24) is 0 Å². The molecule has 2 atom stereocenters. The van der Waals surface area contributed by atoms with Gasteiger partial charge < -0.3 is 16.0 Å². The first-order chi connectivity index (χ1) is 29.8.